The minimum absolute atomic E-state index is 0.141. The van der Waals surface area contributed by atoms with Crippen LogP contribution in [0.4, 0.5) is 0 Å². The summed E-state index contributed by atoms with van der Waals surface area (Å²) in [4.78, 5) is 4.59. The van der Waals surface area contributed by atoms with Crippen LogP contribution in [0.25, 0.3) is 0 Å². The highest BCUT2D eigenvalue weighted by Gasteiger charge is 2.32. The minimum atomic E-state index is 0.141. The van der Waals surface area contributed by atoms with Crippen molar-refractivity contribution in [1.82, 2.24) is 10.4 Å². The second kappa shape index (κ2) is 5.73. The Balaban J connectivity index is 1.99. The Hall–Kier alpha value is -1.71. The molecule has 0 fully saturated rings. The highest BCUT2D eigenvalue weighted by molar-refractivity contribution is 5.37. The van der Waals surface area contributed by atoms with Gasteiger partial charge in [-0.05, 0) is 42.0 Å². The molecule has 1 aromatic heterocycles. The van der Waals surface area contributed by atoms with Crippen LogP contribution < -0.4 is 11.3 Å². The first-order chi connectivity index (χ1) is 9.85. The molecule has 1 aromatic carbocycles. The zero-order valence-corrected chi connectivity index (χ0v) is 11.8. The van der Waals surface area contributed by atoms with Crippen molar-refractivity contribution < 1.29 is 0 Å². The molecule has 0 saturated heterocycles. The molecule has 1 heterocycles. The van der Waals surface area contributed by atoms with Crippen molar-refractivity contribution in [2.24, 2.45) is 5.84 Å². The summed E-state index contributed by atoms with van der Waals surface area (Å²) in [6.45, 7) is 2.19. The van der Waals surface area contributed by atoms with Crippen molar-refractivity contribution in [2.75, 3.05) is 0 Å². The second-order valence-corrected chi connectivity index (χ2v) is 5.39. The molecule has 104 valence electrons. The van der Waals surface area contributed by atoms with E-state index in [1.165, 1.54) is 22.4 Å². The van der Waals surface area contributed by atoms with Crippen LogP contribution in [0, 0.1) is 0 Å². The van der Waals surface area contributed by atoms with Crippen LogP contribution in [-0.2, 0) is 12.8 Å². The van der Waals surface area contributed by atoms with Gasteiger partial charge in [0.2, 0.25) is 0 Å². The minimum Gasteiger partial charge on any atom is -0.271 e. The Kier molecular flexibility index (Phi) is 3.81. The summed E-state index contributed by atoms with van der Waals surface area (Å²) in [5, 5.41) is 0. The zero-order valence-electron chi connectivity index (χ0n) is 11.8. The maximum atomic E-state index is 5.89. The molecular formula is C17H21N3. The molecule has 20 heavy (non-hydrogen) atoms. The lowest BCUT2D eigenvalue weighted by Crippen LogP contribution is -2.33. The van der Waals surface area contributed by atoms with E-state index in [1.807, 2.05) is 12.3 Å². The van der Waals surface area contributed by atoms with Gasteiger partial charge in [-0.2, -0.15) is 0 Å². The smallest absolute Gasteiger partial charge is 0.0546 e. The molecule has 1 aliphatic rings. The molecule has 2 unspecified atom stereocenters. The summed E-state index contributed by atoms with van der Waals surface area (Å²) < 4.78 is 0. The van der Waals surface area contributed by atoms with Crippen LogP contribution in [0.1, 0.15) is 47.7 Å². The number of hydrazine groups is 1. The maximum absolute atomic E-state index is 5.89. The van der Waals surface area contributed by atoms with Crippen molar-refractivity contribution >= 4 is 0 Å². The van der Waals surface area contributed by atoms with E-state index < -0.39 is 0 Å². The van der Waals surface area contributed by atoms with Crippen LogP contribution in [-0.4, -0.2) is 4.98 Å². The molecule has 0 radical (unpaired) electrons. The van der Waals surface area contributed by atoms with Gasteiger partial charge in [-0.25, -0.2) is 0 Å². The van der Waals surface area contributed by atoms with Crippen molar-refractivity contribution in [3.8, 4) is 0 Å². The average Bonchev–Trinajstić information content (AvgIpc) is 2.93. The lowest BCUT2D eigenvalue weighted by Gasteiger charge is -2.25. The molecule has 3 heteroatoms. The highest BCUT2D eigenvalue weighted by Crippen LogP contribution is 2.40. The lowest BCUT2D eigenvalue weighted by molar-refractivity contribution is 0.444. The van der Waals surface area contributed by atoms with E-state index in [9.17, 15) is 0 Å². The molecule has 1 aliphatic carbocycles. The number of nitrogens with two attached hydrogens (primary N) is 1. The monoisotopic (exact) mass is 267 g/mol. The SMILES string of the molecule is CCc1ccccc1C(NN)C1CCc2cccnc21. The molecule has 3 rings (SSSR count). The van der Waals surface area contributed by atoms with Crippen LogP contribution in [0.5, 0.6) is 0 Å². The van der Waals surface area contributed by atoms with Crippen molar-refractivity contribution in [2.45, 2.75) is 38.1 Å². The molecule has 0 aliphatic heterocycles. The normalized spacial score (nSPS) is 18.8. The molecule has 0 bridgehead atoms. The van der Waals surface area contributed by atoms with E-state index in [-0.39, 0.29) is 6.04 Å². The van der Waals surface area contributed by atoms with Crippen molar-refractivity contribution in [1.29, 1.82) is 0 Å². The summed E-state index contributed by atoms with van der Waals surface area (Å²) in [6.07, 6.45) is 5.12. The van der Waals surface area contributed by atoms with Gasteiger partial charge < -0.3 is 0 Å². The second-order valence-electron chi connectivity index (χ2n) is 5.39. The van der Waals surface area contributed by atoms with Crippen LogP contribution in [0.15, 0.2) is 42.6 Å². The first-order valence-corrected chi connectivity index (χ1v) is 7.32. The first kappa shape index (κ1) is 13.3. The lowest BCUT2D eigenvalue weighted by atomic mass is 9.88. The Labute approximate surface area is 120 Å². The van der Waals surface area contributed by atoms with Gasteiger partial charge in [0.15, 0.2) is 0 Å². The quantitative estimate of drug-likeness (QED) is 0.661. The summed E-state index contributed by atoms with van der Waals surface area (Å²) in [5.41, 5.74) is 8.28. The molecule has 0 saturated carbocycles. The Morgan fingerprint density at radius 1 is 1.30 bits per heavy atom. The third-order valence-electron chi connectivity index (χ3n) is 4.35. The number of aryl methyl sites for hydroxylation is 2. The van der Waals surface area contributed by atoms with E-state index in [2.05, 4.69) is 47.7 Å². The van der Waals surface area contributed by atoms with Gasteiger partial charge in [-0.1, -0.05) is 37.3 Å². The largest absolute Gasteiger partial charge is 0.271 e. The Bertz CT molecular complexity index is 594. The Morgan fingerprint density at radius 3 is 2.95 bits per heavy atom. The number of aromatic nitrogens is 1. The molecule has 3 nitrogen and oxygen atoms in total. The van der Waals surface area contributed by atoms with Crippen molar-refractivity contribution in [3.05, 3.63) is 65.0 Å². The average molecular weight is 267 g/mol. The first-order valence-electron chi connectivity index (χ1n) is 7.32. The number of hydrogen-bond donors (Lipinski definition) is 2. The van der Waals surface area contributed by atoms with Gasteiger partial charge in [0, 0.05) is 17.8 Å². The molecule has 3 N–H and O–H groups in total. The molecule has 2 atom stereocenters. The number of rotatable bonds is 4. The molecule has 0 amide bonds. The number of nitrogens with one attached hydrogen (secondary N) is 1. The highest BCUT2D eigenvalue weighted by atomic mass is 15.2. The fraction of sp³-hybridized carbons (Fsp3) is 0.353. The van der Waals surface area contributed by atoms with Crippen LogP contribution in [0.2, 0.25) is 0 Å². The van der Waals surface area contributed by atoms with Crippen molar-refractivity contribution in [3.63, 3.8) is 0 Å². The van der Waals surface area contributed by atoms with Gasteiger partial charge in [-0.15, -0.1) is 0 Å². The predicted octanol–water partition coefficient (Wildman–Crippen LogP) is 2.88. The van der Waals surface area contributed by atoms with Crippen LogP contribution in [0.3, 0.4) is 0 Å². The fourth-order valence-corrected chi connectivity index (χ4v) is 3.35. The van der Waals surface area contributed by atoms with E-state index in [0.717, 1.165) is 19.3 Å². The van der Waals surface area contributed by atoms with Gasteiger partial charge >= 0.3 is 0 Å². The summed E-state index contributed by atoms with van der Waals surface area (Å²) in [5.74, 6) is 6.25. The number of nitrogens with zero attached hydrogens (tertiary/aromatic N) is 1. The molecule has 2 aromatic rings. The topological polar surface area (TPSA) is 50.9 Å². The van der Waals surface area contributed by atoms with E-state index in [1.54, 1.807) is 0 Å². The number of pyridine rings is 1. The van der Waals surface area contributed by atoms with E-state index in [4.69, 9.17) is 5.84 Å². The van der Waals surface area contributed by atoms with E-state index in [0.29, 0.717) is 5.92 Å². The van der Waals surface area contributed by atoms with Gasteiger partial charge in [0.25, 0.3) is 0 Å². The van der Waals surface area contributed by atoms with Gasteiger partial charge in [-0.3, -0.25) is 16.3 Å². The summed E-state index contributed by atoms with van der Waals surface area (Å²) in [7, 11) is 0. The van der Waals surface area contributed by atoms with Crippen LogP contribution >= 0.6 is 0 Å². The predicted molar refractivity (Wildman–Crippen MR) is 81.2 cm³/mol. The third kappa shape index (κ3) is 2.23. The summed E-state index contributed by atoms with van der Waals surface area (Å²) >= 11 is 0. The van der Waals surface area contributed by atoms with Gasteiger partial charge in [0.1, 0.15) is 0 Å². The summed E-state index contributed by atoms with van der Waals surface area (Å²) in [6, 6.07) is 12.9. The number of hydrogen-bond acceptors (Lipinski definition) is 3. The fourth-order valence-electron chi connectivity index (χ4n) is 3.35. The van der Waals surface area contributed by atoms with Gasteiger partial charge in [0.05, 0.1) is 6.04 Å². The maximum Gasteiger partial charge on any atom is 0.0546 e. The third-order valence-corrected chi connectivity index (χ3v) is 4.35. The van der Waals surface area contributed by atoms with E-state index >= 15 is 0 Å². The Morgan fingerprint density at radius 2 is 2.15 bits per heavy atom. The standard InChI is InChI=1S/C17H21N3/c1-2-12-6-3-4-8-14(12)17(20-18)15-10-9-13-7-5-11-19-16(13)15/h3-8,11,15,17,20H,2,9-10,18H2,1H3. The molecule has 0 spiro atoms. The number of benzene rings is 1. The number of fused-ring (bicyclic) bond motifs is 1. The molecular weight excluding hydrogens is 246 g/mol. The zero-order chi connectivity index (χ0) is 13.9.